The molecular weight excluding hydrogens is 320 g/mol. The third kappa shape index (κ3) is 2.99. The number of fused-ring (bicyclic) bond motifs is 1. The second-order valence-electron chi connectivity index (χ2n) is 6.65. The Labute approximate surface area is 145 Å². The SMILES string of the molecule is CC(=O)c1c[nH]c(C(=O)Nc2ccc3c(c2)OC2(CCCCC2)O3)c1. The molecule has 2 heterocycles. The first kappa shape index (κ1) is 15.7. The standard InChI is InChI=1S/C19H20N2O4/c1-12(22)13-9-15(20-11-13)18(23)21-14-5-6-16-17(10-14)25-19(24-16)7-3-2-4-8-19/h5-6,9-11,20H,2-4,7-8H2,1H3,(H,21,23). The molecule has 0 atom stereocenters. The van der Waals surface area contributed by atoms with Crippen LogP contribution < -0.4 is 14.8 Å². The number of Topliss-reactive ketones (excluding diaryl/α,β-unsaturated/α-hetero) is 1. The van der Waals surface area contributed by atoms with Crippen molar-refractivity contribution in [1.82, 2.24) is 4.98 Å². The maximum Gasteiger partial charge on any atom is 0.272 e. The molecule has 1 aliphatic carbocycles. The Kier molecular flexibility index (Phi) is 3.75. The molecule has 6 nitrogen and oxygen atoms in total. The second kappa shape index (κ2) is 5.95. The summed E-state index contributed by atoms with van der Waals surface area (Å²) in [6.45, 7) is 1.46. The lowest BCUT2D eigenvalue weighted by Gasteiger charge is -2.31. The average Bonchev–Trinajstić information content (AvgIpc) is 3.20. The van der Waals surface area contributed by atoms with Crippen LogP contribution in [-0.4, -0.2) is 22.5 Å². The Morgan fingerprint density at radius 1 is 1.08 bits per heavy atom. The molecule has 4 rings (SSSR count). The van der Waals surface area contributed by atoms with Gasteiger partial charge in [0.15, 0.2) is 17.3 Å². The Morgan fingerprint density at radius 3 is 2.56 bits per heavy atom. The van der Waals surface area contributed by atoms with Crippen molar-refractivity contribution >= 4 is 17.4 Å². The highest BCUT2D eigenvalue weighted by Gasteiger charge is 2.42. The van der Waals surface area contributed by atoms with E-state index >= 15 is 0 Å². The number of amides is 1. The number of rotatable bonds is 3. The number of benzene rings is 1. The maximum absolute atomic E-state index is 12.3. The third-order valence-electron chi connectivity index (χ3n) is 4.74. The van der Waals surface area contributed by atoms with Gasteiger partial charge in [0.2, 0.25) is 0 Å². The Hall–Kier alpha value is -2.76. The molecule has 1 amide bonds. The zero-order valence-electron chi connectivity index (χ0n) is 14.1. The van der Waals surface area contributed by atoms with Gasteiger partial charge in [0.05, 0.1) is 0 Å². The molecule has 25 heavy (non-hydrogen) atoms. The number of hydrogen-bond acceptors (Lipinski definition) is 4. The topological polar surface area (TPSA) is 80.4 Å². The Balaban J connectivity index is 1.49. The largest absolute Gasteiger partial charge is 0.448 e. The number of ether oxygens (including phenoxy) is 2. The molecule has 130 valence electrons. The van der Waals surface area contributed by atoms with Gasteiger partial charge >= 0.3 is 0 Å². The fourth-order valence-electron chi connectivity index (χ4n) is 3.39. The predicted molar refractivity (Wildman–Crippen MR) is 92.3 cm³/mol. The molecule has 1 aromatic carbocycles. The van der Waals surface area contributed by atoms with Gasteiger partial charge in [-0.05, 0) is 38.0 Å². The van der Waals surface area contributed by atoms with Crippen molar-refractivity contribution < 1.29 is 19.1 Å². The minimum Gasteiger partial charge on any atom is -0.448 e. The van der Waals surface area contributed by atoms with Crippen LogP contribution in [0.25, 0.3) is 0 Å². The van der Waals surface area contributed by atoms with Crippen molar-refractivity contribution in [3.8, 4) is 11.5 Å². The summed E-state index contributed by atoms with van der Waals surface area (Å²) in [5.41, 5.74) is 1.45. The molecule has 2 aliphatic rings. The molecule has 0 bridgehead atoms. The van der Waals surface area contributed by atoms with E-state index in [-0.39, 0.29) is 11.7 Å². The molecular formula is C19H20N2O4. The average molecular weight is 340 g/mol. The van der Waals surface area contributed by atoms with Crippen molar-refractivity contribution in [1.29, 1.82) is 0 Å². The van der Waals surface area contributed by atoms with E-state index in [1.807, 2.05) is 6.07 Å². The van der Waals surface area contributed by atoms with E-state index in [1.54, 1.807) is 18.2 Å². The van der Waals surface area contributed by atoms with E-state index in [0.29, 0.717) is 22.7 Å². The van der Waals surface area contributed by atoms with Gasteiger partial charge in [-0.2, -0.15) is 0 Å². The zero-order chi connectivity index (χ0) is 17.4. The number of ketones is 1. The van der Waals surface area contributed by atoms with Crippen molar-refractivity contribution in [3.05, 3.63) is 41.7 Å². The quantitative estimate of drug-likeness (QED) is 0.830. The summed E-state index contributed by atoms with van der Waals surface area (Å²) in [5, 5.41) is 2.81. The van der Waals surface area contributed by atoms with Crippen LogP contribution in [0.5, 0.6) is 11.5 Å². The third-order valence-corrected chi connectivity index (χ3v) is 4.74. The van der Waals surface area contributed by atoms with Gasteiger partial charge in [-0.3, -0.25) is 9.59 Å². The lowest BCUT2D eigenvalue weighted by molar-refractivity contribution is -0.105. The predicted octanol–water partition coefficient (Wildman–Crippen LogP) is 3.90. The van der Waals surface area contributed by atoms with E-state index in [4.69, 9.17) is 9.47 Å². The zero-order valence-corrected chi connectivity index (χ0v) is 14.1. The van der Waals surface area contributed by atoms with Gasteiger partial charge in [0, 0.05) is 36.4 Å². The van der Waals surface area contributed by atoms with E-state index < -0.39 is 5.79 Å². The number of H-pyrrole nitrogens is 1. The van der Waals surface area contributed by atoms with Gasteiger partial charge in [-0.15, -0.1) is 0 Å². The first-order valence-electron chi connectivity index (χ1n) is 8.57. The molecule has 1 saturated carbocycles. The number of aromatic nitrogens is 1. The number of hydrogen-bond donors (Lipinski definition) is 2. The molecule has 6 heteroatoms. The summed E-state index contributed by atoms with van der Waals surface area (Å²) in [6, 6.07) is 6.94. The second-order valence-corrected chi connectivity index (χ2v) is 6.65. The van der Waals surface area contributed by atoms with Crippen molar-refractivity contribution in [2.24, 2.45) is 0 Å². The highest BCUT2D eigenvalue weighted by Crippen LogP contribution is 2.46. The normalized spacial score (nSPS) is 17.5. The molecule has 1 spiro atoms. The minimum atomic E-state index is -0.529. The van der Waals surface area contributed by atoms with Gasteiger partial charge < -0.3 is 19.8 Å². The molecule has 0 unspecified atom stereocenters. The summed E-state index contributed by atoms with van der Waals surface area (Å²) in [7, 11) is 0. The van der Waals surface area contributed by atoms with E-state index in [1.165, 1.54) is 19.5 Å². The molecule has 2 N–H and O–H groups in total. The molecule has 1 aliphatic heterocycles. The summed E-state index contributed by atoms with van der Waals surface area (Å²) in [5.74, 6) is 0.461. The van der Waals surface area contributed by atoms with E-state index in [2.05, 4.69) is 10.3 Å². The van der Waals surface area contributed by atoms with Crippen molar-refractivity contribution in [2.75, 3.05) is 5.32 Å². The Bertz CT molecular complexity index is 834. The Morgan fingerprint density at radius 2 is 1.84 bits per heavy atom. The molecule has 0 saturated heterocycles. The highest BCUT2D eigenvalue weighted by atomic mass is 16.7. The van der Waals surface area contributed by atoms with E-state index in [0.717, 1.165) is 31.4 Å². The highest BCUT2D eigenvalue weighted by molar-refractivity contribution is 6.05. The lowest BCUT2D eigenvalue weighted by atomic mass is 9.94. The number of carbonyl (C=O) groups is 2. The monoisotopic (exact) mass is 340 g/mol. The first-order chi connectivity index (χ1) is 12.0. The lowest BCUT2D eigenvalue weighted by Crippen LogP contribution is -2.40. The van der Waals surface area contributed by atoms with E-state index in [9.17, 15) is 9.59 Å². The van der Waals surface area contributed by atoms with Crippen LogP contribution in [0, 0.1) is 0 Å². The summed E-state index contributed by atoms with van der Waals surface area (Å²) < 4.78 is 12.1. The van der Waals surface area contributed by atoms with Gasteiger partial charge in [0.25, 0.3) is 11.7 Å². The number of carbonyl (C=O) groups excluding carboxylic acids is 2. The summed E-state index contributed by atoms with van der Waals surface area (Å²) in [4.78, 5) is 26.5. The van der Waals surface area contributed by atoms with Gasteiger partial charge in [-0.1, -0.05) is 6.42 Å². The molecule has 1 aromatic heterocycles. The molecule has 0 radical (unpaired) electrons. The van der Waals surface area contributed by atoms with Crippen LogP contribution in [0.1, 0.15) is 59.9 Å². The van der Waals surface area contributed by atoms with Gasteiger partial charge in [-0.25, -0.2) is 0 Å². The van der Waals surface area contributed by atoms with Crippen LogP contribution in [-0.2, 0) is 0 Å². The van der Waals surface area contributed by atoms with Crippen molar-refractivity contribution in [2.45, 2.75) is 44.8 Å². The fourth-order valence-corrected chi connectivity index (χ4v) is 3.39. The summed E-state index contributed by atoms with van der Waals surface area (Å²) in [6.07, 6.45) is 6.72. The number of aromatic amines is 1. The van der Waals surface area contributed by atoms with Crippen molar-refractivity contribution in [3.63, 3.8) is 0 Å². The minimum absolute atomic E-state index is 0.0869. The number of nitrogens with one attached hydrogen (secondary N) is 2. The molecule has 1 fully saturated rings. The van der Waals surface area contributed by atoms with Crippen LogP contribution in [0.15, 0.2) is 30.5 Å². The van der Waals surface area contributed by atoms with Gasteiger partial charge in [0.1, 0.15) is 5.69 Å². The maximum atomic E-state index is 12.3. The van der Waals surface area contributed by atoms with Crippen LogP contribution in [0.4, 0.5) is 5.69 Å². The van der Waals surface area contributed by atoms with Crippen LogP contribution in [0.3, 0.4) is 0 Å². The number of anilines is 1. The fraction of sp³-hybridized carbons (Fsp3) is 0.368. The smallest absolute Gasteiger partial charge is 0.272 e. The first-order valence-corrected chi connectivity index (χ1v) is 8.57. The summed E-state index contributed by atoms with van der Waals surface area (Å²) >= 11 is 0. The molecule has 2 aromatic rings. The van der Waals surface area contributed by atoms with Crippen LogP contribution >= 0.6 is 0 Å². The van der Waals surface area contributed by atoms with Crippen LogP contribution in [0.2, 0.25) is 0 Å².